The summed E-state index contributed by atoms with van der Waals surface area (Å²) in [5.41, 5.74) is 1.76. The molecule has 2 aromatic carbocycles. The summed E-state index contributed by atoms with van der Waals surface area (Å²) < 4.78 is 47.6. The van der Waals surface area contributed by atoms with Gasteiger partial charge >= 0.3 is 0 Å². The van der Waals surface area contributed by atoms with E-state index in [9.17, 15) is 22.7 Å². The maximum atomic E-state index is 13.9. The Labute approximate surface area is 226 Å². The summed E-state index contributed by atoms with van der Waals surface area (Å²) in [5.74, 6) is -1.17. The van der Waals surface area contributed by atoms with E-state index in [-0.39, 0.29) is 17.3 Å². The first kappa shape index (κ1) is 28.1. The number of benzene rings is 2. The van der Waals surface area contributed by atoms with E-state index in [0.29, 0.717) is 29.5 Å². The van der Waals surface area contributed by atoms with Crippen LogP contribution in [-0.4, -0.2) is 41.8 Å². The molecule has 10 heteroatoms. The molecule has 0 radical (unpaired) electrons. The van der Waals surface area contributed by atoms with E-state index in [4.69, 9.17) is 4.74 Å². The Bertz CT molecular complexity index is 1620. The molecule has 0 aliphatic rings. The van der Waals surface area contributed by atoms with E-state index in [1.807, 2.05) is 37.3 Å². The Morgan fingerprint density at radius 3 is 2.41 bits per heavy atom. The summed E-state index contributed by atoms with van der Waals surface area (Å²) in [6.45, 7) is 3.80. The zero-order valence-electron chi connectivity index (χ0n) is 22.0. The number of hydrogen-bond acceptors (Lipinski definition) is 7. The standard InChI is InChI=1S/C29H30FN3O5S/c1-4-5-11-26-32-28(34)27(29(35)33(26)24(18-38-3)21-9-7-6-8-10-21)39(36,37)22-14-12-20(13-15-22)23-17-31-25(30)16-19(23)2/h6-10,12-17,24,34H,4-5,11,18H2,1-3H3. The van der Waals surface area contributed by atoms with Crippen LogP contribution in [0.25, 0.3) is 11.1 Å². The summed E-state index contributed by atoms with van der Waals surface area (Å²) in [5, 5.41) is 10.8. The molecule has 0 bridgehead atoms. The van der Waals surface area contributed by atoms with Crippen molar-refractivity contribution in [2.24, 2.45) is 0 Å². The minimum absolute atomic E-state index is 0.0920. The van der Waals surface area contributed by atoms with Crippen LogP contribution in [0.3, 0.4) is 0 Å². The number of nitrogens with zero attached hydrogens (tertiary/aromatic N) is 3. The molecule has 8 nitrogen and oxygen atoms in total. The number of aromatic nitrogens is 3. The maximum absolute atomic E-state index is 13.9. The van der Waals surface area contributed by atoms with Gasteiger partial charge in [-0.05, 0) is 48.2 Å². The summed E-state index contributed by atoms with van der Waals surface area (Å²) in [7, 11) is -2.97. The predicted octanol–water partition coefficient (Wildman–Crippen LogP) is 4.87. The van der Waals surface area contributed by atoms with Crippen molar-refractivity contribution < 1.29 is 22.7 Å². The van der Waals surface area contributed by atoms with Gasteiger partial charge in [0.15, 0.2) is 4.90 Å². The number of methoxy groups -OCH3 is 1. The zero-order chi connectivity index (χ0) is 28.2. The number of unbranched alkanes of at least 4 members (excludes halogenated alkanes) is 1. The largest absolute Gasteiger partial charge is 0.492 e. The van der Waals surface area contributed by atoms with Gasteiger partial charge in [-0.15, -0.1) is 0 Å². The summed E-state index contributed by atoms with van der Waals surface area (Å²) in [4.78, 5) is 20.8. The van der Waals surface area contributed by atoms with Crippen LogP contribution in [0, 0.1) is 12.9 Å². The van der Waals surface area contributed by atoms with Gasteiger partial charge in [-0.3, -0.25) is 9.36 Å². The molecule has 4 rings (SSSR count). The maximum Gasteiger partial charge on any atom is 0.277 e. The third kappa shape index (κ3) is 5.76. The molecule has 0 aliphatic heterocycles. The number of aryl methyl sites for hydroxylation is 2. The highest BCUT2D eigenvalue weighted by Gasteiger charge is 2.32. The molecule has 39 heavy (non-hydrogen) atoms. The van der Waals surface area contributed by atoms with Gasteiger partial charge in [0.2, 0.25) is 21.7 Å². The van der Waals surface area contributed by atoms with Crippen molar-refractivity contribution in [3.05, 3.63) is 100 Å². The number of hydrogen-bond donors (Lipinski definition) is 1. The molecule has 0 amide bonds. The van der Waals surface area contributed by atoms with E-state index in [1.54, 1.807) is 19.1 Å². The minimum atomic E-state index is -4.47. The molecular weight excluding hydrogens is 521 g/mol. The predicted molar refractivity (Wildman–Crippen MR) is 145 cm³/mol. The molecule has 4 aromatic rings. The topological polar surface area (TPSA) is 111 Å². The van der Waals surface area contributed by atoms with Gasteiger partial charge in [-0.1, -0.05) is 55.8 Å². The number of ether oxygens (including phenoxy) is 1. The highest BCUT2D eigenvalue weighted by Crippen LogP contribution is 2.30. The van der Waals surface area contributed by atoms with Gasteiger partial charge < -0.3 is 9.84 Å². The van der Waals surface area contributed by atoms with Gasteiger partial charge in [0.05, 0.1) is 17.5 Å². The second-order valence-electron chi connectivity index (χ2n) is 9.19. The van der Waals surface area contributed by atoms with E-state index < -0.39 is 38.2 Å². The van der Waals surface area contributed by atoms with Crippen LogP contribution in [0.5, 0.6) is 5.88 Å². The molecule has 0 spiro atoms. The first-order chi connectivity index (χ1) is 18.7. The number of rotatable bonds is 10. The number of halogens is 1. The average molecular weight is 552 g/mol. The second kappa shape index (κ2) is 11.9. The normalized spacial score (nSPS) is 12.4. The lowest BCUT2D eigenvalue weighted by Crippen LogP contribution is -2.35. The Morgan fingerprint density at radius 1 is 1.10 bits per heavy atom. The fraction of sp³-hybridized carbons (Fsp3) is 0.276. The Balaban J connectivity index is 1.86. The number of aromatic hydroxyl groups is 1. The van der Waals surface area contributed by atoms with Crippen molar-refractivity contribution in [2.45, 2.75) is 48.9 Å². The Hall–Kier alpha value is -3.89. The molecule has 0 fully saturated rings. The summed E-state index contributed by atoms with van der Waals surface area (Å²) >= 11 is 0. The molecule has 0 aliphatic carbocycles. The van der Waals surface area contributed by atoms with Crippen LogP contribution in [0.1, 0.15) is 42.8 Å². The fourth-order valence-corrected chi connectivity index (χ4v) is 5.87. The van der Waals surface area contributed by atoms with E-state index in [1.165, 1.54) is 36.1 Å². The molecule has 0 saturated carbocycles. The lowest BCUT2D eigenvalue weighted by molar-refractivity contribution is 0.165. The first-order valence-electron chi connectivity index (χ1n) is 12.5. The molecule has 1 unspecified atom stereocenters. The van der Waals surface area contributed by atoms with Crippen molar-refractivity contribution in [3.8, 4) is 17.0 Å². The zero-order valence-corrected chi connectivity index (χ0v) is 22.8. The molecule has 2 aromatic heterocycles. The van der Waals surface area contributed by atoms with E-state index >= 15 is 0 Å². The van der Waals surface area contributed by atoms with Crippen LogP contribution < -0.4 is 5.56 Å². The monoisotopic (exact) mass is 551 g/mol. The van der Waals surface area contributed by atoms with Crippen molar-refractivity contribution in [1.82, 2.24) is 14.5 Å². The lowest BCUT2D eigenvalue weighted by Gasteiger charge is -2.24. The smallest absolute Gasteiger partial charge is 0.277 e. The Morgan fingerprint density at radius 2 is 1.79 bits per heavy atom. The molecule has 0 saturated heterocycles. The highest BCUT2D eigenvalue weighted by atomic mass is 32.2. The van der Waals surface area contributed by atoms with Gasteiger partial charge in [0, 0.05) is 25.3 Å². The van der Waals surface area contributed by atoms with Crippen molar-refractivity contribution in [2.75, 3.05) is 13.7 Å². The number of sulfone groups is 1. The van der Waals surface area contributed by atoms with Crippen LogP contribution in [0.15, 0.2) is 81.4 Å². The third-order valence-corrected chi connectivity index (χ3v) is 8.31. The Kier molecular flexibility index (Phi) is 8.57. The lowest BCUT2D eigenvalue weighted by atomic mass is 10.0. The first-order valence-corrected chi connectivity index (χ1v) is 14.0. The van der Waals surface area contributed by atoms with Gasteiger partial charge in [-0.2, -0.15) is 9.37 Å². The quantitative estimate of drug-likeness (QED) is 0.280. The molecule has 1 N–H and O–H groups in total. The molecule has 204 valence electrons. The summed E-state index contributed by atoms with van der Waals surface area (Å²) in [6.07, 6.45) is 3.24. The van der Waals surface area contributed by atoms with E-state index in [2.05, 4.69) is 9.97 Å². The van der Waals surface area contributed by atoms with Gasteiger partial charge in [0.1, 0.15) is 5.82 Å². The summed E-state index contributed by atoms with van der Waals surface area (Å²) in [6, 6.07) is 15.5. The van der Waals surface area contributed by atoms with Crippen molar-refractivity contribution in [3.63, 3.8) is 0 Å². The average Bonchev–Trinajstić information content (AvgIpc) is 2.91. The third-order valence-electron chi connectivity index (χ3n) is 6.53. The molecule has 2 heterocycles. The number of pyridine rings is 1. The van der Waals surface area contributed by atoms with Crippen molar-refractivity contribution in [1.29, 1.82) is 0 Å². The second-order valence-corrected chi connectivity index (χ2v) is 11.1. The van der Waals surface area contributed by atoms with Gasteiger partial charge in [0.25, 0.3) is 5.56 Å². The van der Waals surface area contributed by atoms with Crippen LogP contribution in [0.2, 0.25) is 0 Å². The SMILES string of the molecule is CCCCc1nc(O)c(S(=O)(=O)c2ccc(-c3cnc(F)cc3C)cc2)c(=O)n1C(COC)c1ccccc1. The molecular formula is C29H30FN3O5S. The van der Waals surface area contributed by atoms with E-state index in [0.717, 1.165) is 12.0 Å². The highest BCUT2D eigenvalue weighted by molar-refractivity contribution is 7.91. The van der Waals surface area contributed by atoms with Crippen LogP contribution >= 0.6 is 0 Å². The van der Waals surface area contributed by atoms with Crippen molar-refractivity contribution >= 4 is 9.84 Å². The van der Waals surface area contributed by atoms with Gasteiger partial charge in [-0.25, -0.2) is 13.4 Å². The molecule has 1 atom stereocenters. The minimum Gasteiger partial charge on any atom is -0.492 e. The van der Waals surface area contributed by atoms with Crippen LogP contribution in [-0.2, 0) is 21.0 Å². The fourth-order valence-electron chi connectivity index (χ4n) is 4.53. The van der Waals surface area contributed by atoms with Crippen LogP contribution in [0.4, 0.5) is 4.39 Å².